The van der Waals surface area contributed by atoms with Crippen molar-refractivity contribution in [1.29, 1.82) is 0 Å². The molecular weight excluding hydrogens is 252 g/mol. The first kappa shape index (κ1) is 20.6. The van der Waals surface area contributed by atoms with Crippen molar-refractivity contribution >= 4 is 0 Å². The lowest BCUT2D eigenvalue weighted by Crippen LogP contribution is -1.94. The maximum atomic E-state index is 3.37. The zero-order valence-corrected chi connectivity index (χ0v) is 15.3. The Labute approximate surface area is 135 Å². The molecule has 0 nitrogen and oxygen atoms in total. The standard InChI is InChI=1S/C21H40/c1-5-7-16-20(3)18-14-12-10-9-11-13-15-19-21(4)17-8-6-2/h20-21H,5-8,10,12-19H2,1-4H3. The molecular formula is C21H40. The lowest BCUT2D eigenvalue weighted by atomic mass is 9.97. The Morgan fingerprint density at radius 2 is 1.00 bits per heavy atom. The molecule has 0 aliphatic heterocycles. The normalized spacial score (nSPS) is 13.5. The molecule has 0 spiro atoms. The van der Waals surface area contributed by atoms with Gasteiger partial charge in [-0.1, -0.05) is 79.1 Å². The summed E-state index contributed by atoms with van der Waals surface area (Å²) in [4.78, 5) is 0. The van der Waals surface area contributed by atoms with Crippen LogP contribution in [0.25, 0.3) is 0 Å². The Bertz CT molecular complexity index is 255. The summed E-state index contributed by atoms with van der Waals surface area (Å²) in [5.41, 5.74) is 0. The van der Waals surface area contributed by atoms with Crippen LogP contribution in [-0.4, -0.2) is 0 Å². The smallest absolute Gasteiger partial charge is 0.00887 e. The third kappa shape index (κ3) is 15.8. The first-order valence-electron chi connectivity index (χ1n) is 9.66. The van der Waals surface area contributed by atoms with E-state index in [1.165, 1.54) is 70.6 Å². The van der Waals surface area contributed by atoms with Crippen molar-refractivity contribution in [3.05, 3.63) is 0 Å². The third-order valence-corrected chi connectivity index (χ3v) is 4.47. The van der Waals surface area contributed by atoms with E-state index in [0.29, 0.717) is 0 Å². The lowest BCUT2D eigenvalue weighted by Gasteiger charge is -2.09. The molecule has 0 bridgehead atoms. The lowest BCUT2D eigenvalue weighted by molar-refractivity contribution is 0.451. The molecule has 0 amide bonds. The Kier molecular flexibility index (Phi) is 15.6. The summed E-state index contributed by atoms with van der Waals surface area (Å²) in [7, 11) is 0. The van der Waals surface area contributed by atoms with Crippen molar-refractivity contribution in [3.8, 4) is 11.8 Å². The highest BCUT2D eigenvalue weighted by Crippen LogP contribution is 2.16. The van der Waals surface area contributed by atoms with Gasteiger partial charge in [0.2, 0.25) is 0 Å². The van der Waals surface area contributed by atoms with Crippen LogP contribution >= 0.6 is 0 Å². The molecule has 2 atom stereocenters. The van der Waals surface area contributed by atoms with Gasteiger partial charge in [0, 0.05) is 12.8 Å². The first-order chi connectivity index (χ1) is 10.2. The van der Waals surface area contributed by atoms with Gasteiger partial charge in [0.15, 0.2) is 0 Å². The van der Waals surface area contributed by atoms with Crippen molar-refractivity contribution in [2.24, 2.45) is 11.8 Å². The monoisotopic (exact) mass is 292 g/mol. The van der Waals surface area contributed by atoms with Gasteiger partial charge in [-0.2, -0.15) is 0 Å². The van der Waals surface area contributed by atoms with Crippen molar-refractivity contribution in [2.45, 2.75) is 111 Å². The molecule has 21 heavy (non-hydrogen) atoms. The summed E-state index contributed by atoms with van der Waals surface area (Å²) in [5, 5.41) is 0. The Morgan fingerprint density at radius 3 is 1.52 bits per heavy atom. The van der Waals surface area contributed by atoms with Gasteiger partial charge < -0.3 is 0 Å². The molecule has 124 valence electrons. The molecule has 0 heterocycles. The minimum absolute atomic E-state index is 0.899. The highest BCUT2D eigenvalue weighted by atomic mass is 14.1. The average molecular weight is 293 g/mol. The van der Waals surface area contributed by atoms with Crippen molar-refractivity contribution < 1.29 is 0 Å². The van der Waals surface area contributed by atoms with Gasteiger partial charge in [-0.15, -0.1) is 11.8 Å². The van der Waals surface area contributed by atoms with E-state index in [9.17, 15) is 0 Å². The van der Waals surface area contributed by atoms with E-state index in [1.54, 1.807) is 0 Å². The van der Waals surface area contributed by atoms with Gasteiger partial charge in [0.25, 0.3) is 0 Å². The maximum absolute atomic E-state index is 3.37. The van der Waals surface area contributed by atoms with E-state index >= 15 is 0 Å². The van der Waals surface area contributed by atoms with E-state index in [1.807, 2.05) is 0 Å². The fraction of sp³-hybridized carbons (Fsp3) is 0.905. The van der Waals surface area contributed by atoms with Gasteiger partial charge in [-0.25, -0.2) is 0 Å². The van der Waals surface area contributed by atoms with Crippen LogP contribution in [0.1, 0.15) is 111 Å². The van der Waals surface area contributed by atoms with Gasteiger partial charge in [-0.3, -0.25) is 0 Å². The number of hydrogen-bond donors (Lipinski definition) is 0. The molecule has 0 radical (unpaired) electrons. The van der Waals surface area contributed by atoms with E-state index in [0.717, 1.165) is 24.7 Å². The topological polar surface area (TPSA) is 0 Å². The Balaban J connectivity index is 3.34. The van der Waals surface area contributed by atoms with E-state index in [2.05, 4.69) is 39.5 Å². The molecule has 0 saturated heterocycles. The first-order valence-corrected chi connectivity index (χ1v) is 9.66. The second-order valence-corrected chi connectivity index (χ2v) is 6.99. The van der Waals surface area contributed by atoms with Crippen molar-refractivity contribution in [3.63, 3.8) is 0 Å². The van der Waals surface area contributed by atoms with Gasteiger partial charge in [0.1, 0.15) is 0 Å². The SMILES string of the molecule is CCCCC(C)CCCC#CCCCCC(C)CCCC. The highest BCUT2D eigenvalue weighted by molar-refractivity contribution is 4.98. The van der Waals surface area contributed by atoms with Crippen molar-refractivity contribution in [2.75, 3.05) is 0 Å². The van der Waals surface area contributed by atoms with Crippen LogP contribution in [0, 0.1) is 23.7 Å². The predicted molar refractivity (Wildman–Crippen MR) is 97.5 cm³/mol. The molecule has 0 aliphatic rings. The second kappa shape index (κ2) is 15.9. The summed E-state index contributed by atoms with van der Waals surface area (Å²) in [6, 6.07) is 0. The minimum Gasteiger partial charge on any atom is -0.103 e. The fourth-order valence-corrected chi connectivity index (χ4v) is 2.82. The average Bonchev–Trinajstić information content (AvgIpc) is 2.49. The zero-order chi connectivity index (χ0) is 15.8. The Hall–Kier alpha value is -0.440. The van der Waals surface area contributed by atoms with Gasteiger partial charge in [0.05, 0.1) is 0 Å². The highest BCUT2D eigenvalue weighted by Gasteiger charge is 2.01. The molecule has 0 fully saturated rings. The van der Waals surface area contributed by atoms with Crippen LogP contribution in [0.15, 0.2) is 0 Å². The molecule has 0 aromatic rings. The summed E-state index contributed by atoms with van der Waals surface area (Å²) in [6.07, 6.45) is 17.2. The third-order valence-electron chi connectivity index (χ3n) is 4.47. The van der Waals surface area contributed by atoms with Crippen molar-refractivity contribution in [1.82, 2.24) is 0 Å². The molecule has 0 heteroatoms. The number of rotatable bonds is 13. The summed E-state index contributed by atoms with van der Waals surface area (Å²) in [5.74, 6) is 8.56. The van der Waals surface area contributed by atoms with Gasteiger partial charge >= 0.3 is 0 Å². The Morgan fingerprint density at radius 1 is 0.571 bits per heavy atom. The molecule has 0 aromatic carbocycles. The molecule has 0 saturated carbocycles. The maximum Gasteiger partial charge on any atom is 0.00887 e. The van der Waals surface area contributed by atoms with Crippen LogP contribution in [0.3, 0.4) is 0 Å². The summed E-state index contributed by atoms with van der Waals surface area (Å²) < 4.78 is 0. The van der Waals surface area contributed by atoms with E-state index in [4.69, 9.17) is 0 Å². The second-order valence-electron chi connectivity index (χ2n) is 6.99. The van der Waals surface area contributed by atoms with Crippen LogP contribution < -0.4 is 0 Å². The molecule has 0 N–H and O–H groups in total. The summed E-state index contributed by atoms with van der Waals surface area (Å²) >= 11 is 0. The largest absolute Gasteiger partial charge is 0.103 e. The van der Waals surface area contributed by atoms with Crippen LogP contribution in [0.5, 0.6) is 0 Å². The number of hydrogen-bond acceptors (Lipinski definition) is 0. The minimum atomic E-state index is 0.899. The molecule has 2 unspecified atom stereocenters. The van der Waals surface area contributed by atoms with E-state index < -0.39 is 0 Å². The molecule has 0 aliphatic carbocycles. The molecule has 0 aromatic heterocycles. The molecule has 0 rings (SSSR count). The van der Waals surface area contributed by atoms with Crippen LogP contribution in [0.4, 0.5) is 0 Å². The fourth-order valence-electron chi connectivity index (χ4n) is 2.82. The quantitative estimate of drug-likeness (QED) is 0.245. The predicted octanol–water partition coefficient (Wildman–Crippen LogP) is 7.37. The van der Waals surface area contributed by atoms with Crippen LogP contribution in [-0.2, 0) is 0 Å². The summed E-state index contributed by atoms with van der Waals surface area (Å²) in [6.45, 7) is 9.36. The zero-order valence-electron chi connectivity index (χ0n) is 15.3. The van der Waals surface area contributed by atoms with Crippen LogP contribution in [0.2, 0.25) is 0 Å². The van der Waals surface area contributed by atoms with Gasteiger partial charge in [-0.05, 0) is 31.1 Å². The number of unbranched alkanes of at least 4 members (excludes halogenated alkanes) is 5. The van der Waals surface area contributed by atoms with E-state index in [-0.39, 0.29) is 0 Å².